The largest absolute Gasteiger partial charge is 0.452 e. The van der Waals surface area contributed by atoms with Crippen molar-refractivity contribution >= 4 is 22.9 Å². The number of benzene rings is 2. The Hall–Kier alpha value is -3.22. The van der Waals surface area contributed by atoms with Gasteiger partial charge in [0.15, 0.2) is 6.61 Å². The Morgan fingerprint density at radius 1 is 1.16 bits per heavy atom. The minimum Gasteiger partial charge on any atom is -0.452 e. The summed E-state index contributed by atoms with van der Waals surface area (Å²) in [7, 11) is 0. The van der Waals surface area contributed by atoms with E-state index >= 15 is 0 Å². The molecule has 7 nitrogen and oxygen atoms in total. The molecule has 1 heterocycles. The van der Waals surface area contributed by atoms with Crippen molar-refractivity contribution in [2.24, 2.45) is 0 Å². The first kappa shape index (κ1) is 16.6. The zero-order chi connectivity index (χ0) is 17.6. The Balaban J connectivity index is 1.54. The van der Waals surface area contributed by atoms with Gasteiger partial charge in [-0.05, 0) is 30.7 Å². The molecule has 0 aliphatic heterocycles. The fraction of sp³-hybridized carbons (Fsp3) is 0.222. The number of ether oxygens (including phenoxy) is 1. The van der Waals surface area contributed by atoms with Gasteiger partial charge in [0.05, 0.1) is 11.1 Å². The van der Waals surface area contributed by atoms with Crippen molar-refractivity contribution in [1.82, 2.24) is 20.3 Å². The minimum absolute atomic E-state index is 0.328. The van der Waals surface area contributed by atoms with Gasteiger partial charge in [0.2, 0.25) is 0 Å². The van der Waals surface area contributed by atoms with Crippen LogP contribution >= 0.6 is 0 Å². The quantitative estimate of drug-likeness (QED) is 0.694. The molecule has 0 saturated heterocycles. The summed E-state index contributed by atoms with van der Waals surface area (Å²) in [6.07, 6.45) is 0. The molecule has 0 aliphatic carbocycles. The van der Waals surface area contributed by atoms with E-state index in [4.69, 9.17) is 4.74 Å². The van der Waals surface area contributed by atoms with E-state index in [9.17, 15) is 9.59 Å². The SMILES string of the molecule is CCn1nnc2cc(C(=O)OCC(=O)NCc3ccccc3)ccc21. The van der Waals surface area contributed by atoms with Gasteiger partial charge in [-0.3, -0.25) is 4.79 Å². The molecule has 1 amide bonds. The van der Waals surface area contributed by atoms with E-state index in [-0.39, 0.29) is 12.5 Å². The Bertz CT molecular complexity index is 890. The van der Waals surface area contributed by atoms with Gasteiger partial charge in [-0.2, -0.15) is 0 Å². The van der Waals surface area contributed by atoms with Crippen LogP contribution in [0.5, 0.6) is 0 Å². The lowest BCUT2D eigenvalue weighted by Gasteiger charge is -2.07. The topological polar surface area (TPSA) is 86.1 Å². The van der Waals surface area contributed by atoms with E-state index in [1.165, 1.54) is 0 Å². The van der Waals surface area contributed by atoms with Crippen molar-refractivity contribution in [3.05, 3.63) is 59.7 Å². The first-order chi connectivity index (χ1) is 12.2. The Labute approximate surface area is 144 Å². The summed E-state index contributed by atoms with van der Waals surface area (Å²) in [6, 6.07) is 14.5. The van der Waals surface area contributed by atoms with E-state index in [1.54, 1.807) is 22.9 Å². The van der Waals surface area contributed by atoms with E-state index in [2.05, 4.69) is 15.6 Å². The number of rotatable bonds is 6. The van der Waals surface area contributed by atoms with Gasteiger partial charge in [0.25, 0.3) is 5.91 Å². The fourth-order valence-electron chi connectivity index (χ4n) is 2.39. The molecule has 0 saturated carbocycles. The van der Waals surface area contributed by atoms with Crippen molar-refractivity contribution in [2.75, 3.05) is 6.61 Å². The number of hydrogen-bond acceptors (Lipinski definition) is 5. The van der Waals surface area contributed by atoms with Crippen LogP contribution in [0.4, 0.5) is 0 Å². The summed E-state index contributed by atoms with van der Waals surface area (Å²) in [5, 5.41) is 10.7. The first-order valence-electron chi connectivity index (χ1n) is 7.98. The highest BCUT2D eigenvalue weighted by atomic mass is 16.5. The highest BCUT2D eigenvalue weighted by Gasteiger charge is 2.12. The minimum atomic E-state index is -0.567. The number of carbonyl (C=O) groups excluding carboxylic acids is 2. The lowest BCUT2D eigenvalue weighted by atomic mass is 10.2. The van der Waals surface area contributed by atoms with Crippen LogP contribution in [0.3, 0.4) is 0 Å². The molecule has 3 rings (SSSR count). The Morgan fingerprint density at radius 2 is 1.96 bits per heavy atom. The predicted octanol–water partition coefficient (Wildman–Crippen LogP) is 1.92. The molecular weight excluding hydrogens is 320 g/mol. The fourth-order valence-corrected chi connectivity index (χ4v) is 2.39. The molecule has 0 bridgehead atoms. The van der Waals surface area contributed by atoms with Crippen LogP contribution in [0.2, 0.25) is 0 Å². The lowest BCUT2D eigenvalue weighted by Crippen LogP contribution is -2.28. The molecule has 7 heteroatoms. The number of aryl methyl sites for hydroxylation is 1. The summed E-state index contributed by atoms with van der Waals surface area (Å²) in [6.45, 7) is 2.72. The van der Waals surface area contributed by atoms with Crippen LogP contribution in [-0.4, -0.2) is 33.5 Å². The maximum atomic E-state index is 12.1. The normalized spacial score (nSPS) is 10.6. The second-order valence-corrected chi connectivity index (χ2v) is 5.45. The molecule has 0 aliphatic rings. The van der Waals surface area contributed by atoms with Gasteiger partial charge in [-0.1, -0.05) is 35.5 Å². The van der Waals surface area contributed by atoms with Crippen molar-refractivity contribution in [2.45, 2.75) is 20.0 Å². The summed E-state index contributed by atoms with van der Waals surface area (Å²) in [4.78, 5) is 23.9. The monoisotopic (exact) mass is 338 g/mol. The number of nitrogens with one attached hydrogen (secondary N) is 1. The highest BCUT2D eigenvalue weighted by molar-refractivity contribution is 5.94. The van der Waals surface area contributed by atoms with Gasteiger partial charge < -0.3 is 10.1 Å². The smallest absolute Gasteiger partial charge is 0.338 e. The van der Waals surface area contributed by atoms with Gasteiger partial charge in [-0.25, -0.2) is 9.48 Å². The molecule has 0 spiro atoms. The van der Waals surface area contributed by atoms with Crippen LogP contribution in [0.15, 0.2) is 48.5 Å². The number of carbonyl (C=O) groups is 2. The number of fused-ring (bicyclic) bond motifs is 1. The Kier molecular flexibility index (Phi) is 5.03. The second kappa shape index (κ2) is 7.57. The third-order valence-corrected chi connectivity index (χ3v) is 3.72. The average Bonchev–Trinajstić information content (AvgIpc) is 3.07. The summed E-state index contributed by atoms with van der Waals surface area (Å²) < 4.78 is 6.79. The average molecular weight is 338 g/mol. The van der Waals surface area contributed by atoms with Crippen molar-refractivity contribution in [3.8, 4) is 0 Å². The van der Waals surface area contributed by atoms with Crippen LogP contribution in [0, 0.1) is 0 Å². The third-order valence-electron chi connectivity index (χ3n) is 3.72. The molecule has 0 radical (unpaired) electrons. The third kappa shape index (κ3) is 4.00. The van der Waals surface area contributed by atoms with Crippen LogP contribution < -0.4 is 5.32 Å². The number of aromatic nitrogens is 3. The van der Waals surface area contributed by atoms with E-state index in [0.29, 0.717) is 24.2 Å². The molecule has 3 aromatic rings. The molecular formula is C18H18N4O3. The molecule has 2 aromatic carbocycles. The van der Waals surface area contributed by atoms with Gasteiger partial charge >= 0.3 is 5.97 Å². The van der Waals surface area contributed by atoms with Gasteiger partial charge in [0.1, 0.15) is 5.52 Å². The Morgan fingerprint density at radius 3 is 2.72 bits per heavy atom. The molecule has 0 unspecified atom stereocenters. The molecule has 1 N–H and O–H groups in total. The summed E-state index contributed by atoms with van der Waals surface area (Å²) >= 11 is 0. The maximum absolute atomic E-state index is 12.1. The zero-order valence-corrected chi connectivity index (χ0v) is 13.8. The number of amides is 1. The highest BCUT2D eigenvalue weighted by Crippen LogP contribution is 2.14. The second-order valence-electron chi connectivity index (χ2n) is 5.45. The number of esters is 1. The lowest BCUT2D eigenvalue weighted by molar-refractivity contribution is -0.124. The van der Waals surface area contributed by atoms with E-state index < -0.39 is 5.97 Å². The molecule has 0 atom stereocenters. The van der Waals surface area contributed by atoms with Gasteiger partial charge in [0, 0.05) is 13.1 Å². The molecule has 1 aromatic heterocycles. The molecule has 0 fully saturated rings. The van der Waals surface area contributed by atoms with Crippen LogP contribution in [0.25, 0.3) is 11.0 Å². The van der Waals surface area contributed by atoms with Crippen molar-refractivity contribution in [1.29, 1.82) is 0 Å². The molecule has 128 valence electrons. The van der Waals surface area contributed by atoms with E-state index in [1.807, 2.05) is 37.3 Å². The zero-order valence-electron chi connectivity index (χ0n) is 13.8. The standard InChI is InChI=1S/C18H18N4O3/c1-2-22-16-9-8-14(10-15(16)20-21-22)18(24)25-12-17(23)19-11-13-6-4-3-5-7-13/h3-10H,2,11-12H2,1H3,(H,19,23). The van der Waals surface area contributed by atoms with Crippen molar-refractivity contribution < 1.29 is 14.3 Å². The summed E-state index contributed by atoms with van der Waals surface area (Å²) in [5.41, 5.74) is 2.78. The first-order valence-corrected chi connectivity index (χ1v) is 7.98. The van der Waals surface area contributed by atoms with Gasteiger partial charge in [-0.15, -0.1) is 5.10 Å². The number of nitrogens with zero attached hydrogens (tertiary/aromatic N) is 3. The van der Waals surface area contributed by atoms with Crippen LogP contribution in [0.1, 0.15) is 22.8 Å². The maximum Gasteiger partial charge on any atom is 0.338 e. The predicted molar refractivity (Wildman–Crippen MR) is 91.8 cm³/mol. The molecule has 25 heavy (non-hydrogen) atoms. The van der Waals surface area contributed by atoms with E-state index in [0.717, 1.165) is 11.1 Å². The van der Waals surface area contributed by atoms with Crippen LogP contribution in [-0.2, 0) is 22.6 Å². The van der Waals surface area contributed by atoms with Crippen molar-refractivity contribution in [3.63, 3.8) is 0 Å². The summed E-state index contributed by atoms with van der Waals surface area (Å²) in [5.74, 6) is -0.919. The number of hydrogen-bond donors (Lipinski definition) is 1.